The summed E-state index contributed by atoms with van der Waals surface area (Å²) in [5.74, 6) is -0.151. The SMILES string of the molecule is CCOC(=O)C(O)c1cc(Cl)c(OC)cc1CC. The third kappa shape index (κ3) is 3.15. The van der Waals surface area contributed by atoms with Gasteiger partial charge in [0, 0.05) is 0 Å². The molecule has 4 nitrogen and oxygen atoms in total. The zero-order chi connectivity index (χ0) is 13.7. The molecule has 1 unspecified atom stereocenters. The van der Waals surface area contributed by atoms with Gasteiger partial charge in [-0.25, -0.2) is 4.79 Å². The Bertz CT molecular complexity index is 431. The monoisotopic (exact) mass is 272 g/mol. The molecule has 0 saturated carbocycles. The minimum absolute atomic E-state index is 0.223. The van der Waals surface area contributed by atoms with Gasteiger partial charge in [0.15, 0.2) is 6.10 Å². The van der Waals surface area contributed by atoms with E-state index >= 15 is 0 Å². The first-order valence-electron chi connectivity index (χ1n) is 5.76. The molecule has 100 valence electrons. The average Bonchev–Trinajstić information content (AvgIpc) is 2.37. The highest BCUT2D eigenvalue weighted by Gasteiger charge is 2.22. The molecule has 1 aromatic carbocycles. The van der Waals surface area contributed by atoms with Crippen LogP contribution >= 0.6 is 11.6 Å². The summed E-state index contributed by atoms with van der Waals surface area (Å²) in [6, 6.07) is 3.26. The van der Waals surface area contributed by atoms with E-state index in [1.54, 1.807) is 19.1 Å². The van der Waals surface area contributed by atoms with E-state index in [9.17, 15) is 9.90 Å². The van der Waals surface area contributed by atoms with Gasteiger partial charge in [0.25, 0.3) is 0 Å². The van der Waals surface area contributed by atoms with Crippen molar-refractivity contribution < 1.29 is 19.4 Å². The second-order valence-corrected chi connectivity index (χ2v) is 4.10. The molecule has 1 aromatic rings. The summed E-state index contributed by atoms with van der Waals surface area (Å²) < 4.78 is 9.89. The van der Waals surface area contributed by atoms with Gasteiger partial charge in [-0.15, -0.1) is 0 Å². The zero-order valence-corrected chi connectivity index (χ0v) is 11.5. The van der Waals surface area contributed by atoms with Crippen LogP contribution in [0.4, 0.5) is 0 Å². The fourth-order valence-electron chi connectivity index (χ4n) is 1.68. The second-order valence-electron chi connectivity index (χ2n) is 3.69. The summed E-state index contributed by atoms with van der Waals surface area (Å²) in [6.07, 6.45) is -0.664. The maximum Gasteiger partial charge on any atom is 0.339 e. The van der Waals surface area contributed by atoms with E-state index in [0.29, 0.717) is 22.8 Å². The van der Waals surface area contributed by atoms with Crippen LogP contribution < -0.4 is 4.74 Å². The summed E-state index contributed by atoms with van der Waals surface area (Å²) in [5.41, 5.74) is 1.26. The van der Waals surface area contributed by atoms with Gasteiger partial charge in [-0.2, -0.15) is 0 Å². The second kappa shape index (κ2) is 6.61. The Morgan fingerprint density at radius 3 is 2.61 bits per heavy atom. The van der Waals surface area contributed by atoms with E-state index in [4.69, 9.17) is 21.1 Å². The quantitative estimate of drug-likeness (QED) is 0.837. The van der Waals surface area contributed by atoms with Gasteiger partial charge >= 0.3 is 5.97 Å². The zero-order valence-electron chi connectivity index (χ0n) is 10.7. The van der Waals surface area contributed by atoms with Gasteiger partial charge in [0.2, 0.25) is 0 Å². The third-order valence-corrected chi connectivity index (χ3v) is 2.89. The summed E-state index contributed by atoms with van der Waals surface area (Å²) in [4.78, 5) is 11.5. The number of methoxy groups -OCH3 is 1. The van der Waals surface area contributed by atoms with Gasteiger partial charge in [0.05, 0.1) is 18.7 Å². The molecule has 0 radical (unpaired) electrons. The van der Waals surface area contributed by atoms with Crippen LogP contribution in [-0.2, 0) is 16.0 Å². The molecule has 0 spiro atoms. The molecule has 0 heterocycles. The Morgan fingerprint density at radius 2 is 2.11 bits per heavy atom. The molecule has 0 aromatic heterocycles. The maximum atomic E-state index is 11.5. The maximum absolute atomic E-state index is 11.5. The number of hydrogen-bond acceptors (Lipinski definition) is 4. The number of aliphatic hydroxyl groups is 1. The molecule has 0 aliphatic rings. The molecule has 5 heteroatoms. The van der Waals surface area contributed by atoms with Crippen LogP contribution in [0.15, 0.2) is 12.1 Å². The van der Waals surface area contributed by atoms with Gasteiger partial charge in [-0.3, -0.25) is 0 Å². The highest BCUT2D eigenvalue weighted by molar-refractivity contribution is 6.32. The van der Waals surface area contributed by atoms with Crippen molar-refractivity contribution >= 4 is 17.6 Å². The number of carbonyl (C=O) groups is 1. The van der Waals surface area contributed by atoms with E-state index < -0.39 is 12.1 Å². The molecule has 0 aliphatic carbocycles. The number of benzene rings is 1. The third-order valence-electron chi connectivity index (χ3n) is 2.60. The minimum Gasteiger partial charge on any atom is -0.495 e. The molecular formula is C13H17ClO4. The molecule has 0 amide bonds. The van der Waals surface area contributed by atoms with E-state index in [2.05, 4.69) is 0 Å². The van der Waals surface area contributed by atoms with Crippen LogP contribution in [0.1, 0.15) is 31.1 Å². The van der Waals surface area contributed by atoms with Crippen molar-refractivity contribution in [2.75, 3.05) is 13.7 Å². The summed E-state index contributed by atoms with van der Waals surface area (Å²) in [7, 11) is 1.52. The van der Waals surface area contributed by atoms with Gasteiger partial charge < -0.3 is 14.6 Å². The minimum atomic E-state index is -1.32. The lowest BCUT2D eigenvalue weighted by Gasteiger charge is -2.16. The fourth-order valence-corrected chi connectivity index (χ4v) is 1.93. The van der Waals surface area contributed by atoms with Crippen molar-refractivity contribution in [1.82, 2.24) is 0 Å². The molecule has 0 aliphatic heterocycles. The smallest absolute Gasteiger partial charge is 0.339 e. The average molecular weight is 273 g/mol. The first-order chi connectivity index (χ1) is 8.54. The van der Waals surface area contributed by atoms with Crippen molar-refractivity contribution in [2.45, 2.75) is 26.4 Å². The number of hydrogen-bond donors (Lipinski definition) is 1. The molecule has 1 atom stereocenters. The van der Waals surface area contributed by atoms with Crippen molar-refractivity contribution in [2.24, 2.45) is 0 Å². The number of aliphatic hydroxyl groups excluding tert-OH is 1. The summed E-state index contributed by atoms with van der Waals surface area (Å²) in [6.45, 7) is 3.83. The van der Waals surface area contributed by atoms with Crippen LogP contribution in [0.2, 0.25) is 5.02 Å². The fraction of sp³-hybridized carbons (Fsp3) is 0.462. The standard InChI is InChI=1S/C13H17ClO4/c1-4-8-6-11(17-3)10(14)7-9(8)12(15)13(16)18-5-2/h6-7,12,15H,4-5H2,1-3H3. The summed E-state index contributed by atoms with van der Waals surface area (Å²) >= 11 is 6.00. The lowest BCUT2D eigenvalue weighted by atomic mass is 10.00. The normalized spacial score (nSPS) is 12.1. The van der Waals surface area contributed by atoms with Crippen LogP contribution in [-0.4, -0.2) is 24.8 Å². The van der Waals surface area contributed by atoms with Crippen LogP contribution in [0.25, 0.3) is 0 Å². The number of carbonyl (C=O) groups excluding carboxylic acids is 1. The molecule has 1 rings (SSSR count). The Balaban J connectivity index is 3.14. The Hall–Kier alpha value is -1.26. The predicted octanol–water partition coefficient (Wildman–Crippen LogP) is 2.51. The van der Waals surface area contributed by atoms with E-state index in [0.717, 1.165) is 5.56 Å². The lowest BCUT2D eigenvalue weighted by molar-refractivity contribution is -0.153. The van der Waals surface area contributed by atoms with Crippen molar-refractivity contribution in [3.8, 4) is 5.75 Å². The van der Waals surface area contributed by atoms with Crippen LogP contribution in [0.3, 0.4) is 0 Å². The predicted molar refractivity (Wildman–Crippen MR) is 69.0 cm³/mol. The topological polar surface area (TPSA) is 55.8 Å². The van der Waals surface area contributed by atoms with Crippen molar-refractivity contribution in [3.05, 3.63) is 28.3 Å². The van der Waals surface area contributed by atoms with E-state index in [1.165, 1.54) is 7.11 Å². The van der Waals surface area contributed by atoms with E-state index in [1.807, 2.05) is 6.92 Å². The molecule has 0 fully saturated rings. The van der Waals surface area contributed by atoms with Gasteiger partial charge in [0.1, 0.15) is 5.75 Å². The largest absolute Gasteiger partial charge is 0.495 e. The Kier molecular flexibility index (Phi) is 5.44. The number of rotatable bonds is 5. The molecule has 18 heavy (non-hydrogen) atoms. The first kappa shape index (κ1) is 14.8. The summed E-state index contributed by atoms with van der Waals surface area (Å²) in [5, 5.41) is 10.3. The molecule has 0 saturated heterocycles. The van der Waals surface area contributed by atoms with Crippen molar-refractivity contribution in [1.29, 1.82) is 0 Å². The lowest BCUT2D eigenvalue weighted by Crippen LogP contribution is -2.17. The number of ether oxygens (including phenoxy) is 2. The molecule has 1 N–H and O–H groups in total. The first-order valence-corrected chi connectivity index (χ1v) is 6.13. The number of esters is 1. The molecular weight excluding hydrogens is 256 g/mol. The number of aryl methyl sites for hydroxylation is 1. The van der Waals surface area contributed by atoms with Crippen molar-refractivity contribution in [3.63, 3.8) is 0 Å². The van der Waals surface area contributed by atoms with E-state index in [-0.39, 0.29) is 6.61 Å². The van der Waals surface area contributed by atoms with Crippen LogP contribution in [0, 0.1) is 0 Å². The molecule has 0 bridgehead atoms. The highest BCUT2D eigenvalue weighted by atomic mass is 35.5. The highest BCUT2D eigenvalue weighted by Crippen LogP contribution is 2.31. The Morgan fingerprint density at radius 1 is 1.44 bits per heavy atom. The Labute approximate surface area is 111 Å². The van der Waals surface area contributed by atoms with Crippen LogP contribution in [0.5, 0.6) is 5.75 Å². The van der Waals surface area contributed by atoms with Gasteiger partial charge in [-0.1, -0.05) is 18.5 Å². The van der Waals surface area contributed by atoms with Gasteiger partial charge in [-0.05, 0) is 36.6 Å². The number of halogens is 1.